The maximum absolute atomic E-state index is 14.3. The van der Waals surface area contributed by atoms with Crippen molar-refractivity contribution >= 4 is 5.96 Å². The highest BCUT2D eigenvalue weighted by Crippen LogP contribution is 2.30. The number of halogens is 1. The molecule has 6 heteroatoms. The van der Waals surface area contributed by atoms with Gasteiger partial charge in [-0.2, -0.15) is 0 Å². The molecule has 1 saturated carbocycles. The molecule has 1 aliphatic carbocycles. The van der Waals surface area contributed by atoms with E-state index in [0.29, 0.717) is 24.2 Å². The zero-order valence-electron chi connectivity index (χ0n) is 16.8. The summed E-state index contributed by atoms with van der Waals surface area (Å²) in [7, 11) is 1.77. The van der Waals surface area contributed by atoms with E-state index in [9.17, 15) is 4.39 Å². The summed E-state index contributed by atoms with van der Waals surface area (Å²) < 4.78 is 19.9. The van der Waals surface area contributed by atoms with Crippen molar-refractivity contribution in [2.45, 2.75) is 39.2 Å². The Bertz CT molecular complexity index is 647. The molecule has 1 aromatic rings. The predicted octanol–water partition coefficient (Wildman–Crippen LogP) is 3.18. The highest BCUT2D eigenvalue weighted by molar-refractivity contribution is 5.80. The minimum atomic E-state index is -0.296. The lowest BCUT2D eigenvalue weighted by molar-refractivity contribution is 0.285. The lowest BCUT2D eigenvalue weighted by Crippen LogP contribution is -2.41. The van der Waals surface area contributed by atoms with Crippen LogP contribution in [0.25, 0.3) is 0 Å². The Morgan fingerprint density at radius 3 is 2.78 bits per heavy atom. The van der Waals surface area contributed by atoms with E-state index >= 15 is 0 Å². The highest BCUT2D eigenvalue weighted by atomic mass is 19.1. The first-order valence-electron chi connectivity index (χ1n) is 10.2. The average Bonchev–Trinajstić information content (AvgIpc) is 3.39. The van der Waals surface area contributed by atoms with Gasteiger partial charge in [-0.05, 0) is 68.8 Å². The summed E-state index contributed by atoms with van der Waals surface area (Å²) in [6.45, 7) is 9.19. The van der Waals surface area contributed by atoms with E-state index in [0.717, 1.165) is 31.2 Å². The van der Waals surface area contributed by atoms with E-state index in [-0.39, 0.29) is 11.9 Å². The Labute approximate surface area is 162 Å². The number of hydrogen-bond acceptors (Lipinski definition) is 3. The monoisotopic (exact) mass is 376 g/mol. The van der Waals surface area contributed by atoms with Crippen LogP contribution in [-0.2, 0) is 0 Å². The van der Waals surface area contributed by atoms with Crippen LogP contribution in [0.15, 0.2) is 23.2 Å². The first-order chi connectivity index (χ1) is 13.1. The maximum Gasteiger partial charge on any atom is 0.191 e. The molecular weight excluding hydrogens is 343 g/mol. The fourth-order valence-electron chi connectivity index (χ4n) is 3.49. The molecule has 2 fully saturated rings. The fourth-order valence-corrected chi connectivity index (χ4v) is 3.49. The zero-order valence-corrected chi connectivity index (χ0v) is 16.8. The molecule has 2 aliphatic rings. The summed E-state index contributed by atoms with van der Waals surface area (Å²) in [6, 6.07) is 5.17. The van der Waals surface area contributed by atoms with Crippen molar-refractivity contribution in [1.29, 1.82) is 0 Å². The van der Waals surface area contributed by atoms with Crippen LogP contribution in [-0.4, -0.2) is 50.7 Å². The fraction of sp³-hybridized carbons (Fsp3) is 0.667. The van der Waals surface area contributed by atoms with E-state index in [1.54, 1.807) is 19.2 Å². The second-order valence-corrected chi connectivity index (χ2v) is 7.81. The SMILES string of the molecule is CCN1CCC(CNC(=NC)NC(C)c2ccc(OCC3CC3)c(F)c2)C1. The minimum absolute atomic E-state index is 0.0427. The van der Waals surface area contributed by atoms with E-state index in [1.165, 1.54) is 25.8 Å². The number of nitrogens with zero attached hydrogens (tertiary/aromatic N) is 2. The van der Waals surface area contributed by atoms with Gasteiger partial charge in [-0.3, -0.25) is 4.99 Å². The number of guanidine groups is 1. The van der Waals surface area contributed by atoms with Gasteiger partial charge in [-0.25, -0.2) is 4.39 Å². The second kappa shape index (κ2) is 9.40. The lowest BCUT2D eigenvalue weighted by atomic mass is 10.1. The van der Waals surface area contributed by atoms with Crippen molar-refractivity contribution in [3.05, 3.63) is 29.6 Å². The molecular formula is C21H33FN4O. The average molecular weight is 377 g/mol. The Kier molecular flexibility index (Phi) is 6.94. The van der Waals surface area contributed by atoms with Gasteiger partial charge in [0.1, 0.15) is 0 Å². The van der Waals surface area contributed by atoms with Crippen LogP contribution in [0, 0.1) is 17.7 Å². The molecule has 3 rings (SSSR count). The number of benzene rings is 1. The van der Waals surface area contributed by atoms with Crippen LogP contribution < -0.4 is 15.4 Å². The van der Waals surface area contributed by atoms with Crippen LogP contribution in [0.3, 0.4) is 0 Å². The maximum atomic E-state index is 14.3. The van der Waals surface area contributed by atoms with Gasteiger partial charge in [0.05, 0.1) is 12.6 Å². The largest absolute Gasteiger partial charge is 0.490 e. The number of aliphatic imine (C=N–C) groups is 1. The zero-order chi connectivity index (χ0) is 19.2. The lowest BCUT2D eigenvalue weighted by Gasteiger charge is -2.20. The van der Waals surface area contributed by atoms with Gasteiger partial charge in [0.2, 0.25) is 0 Å². The molecule has 2 N–H and O–H groups in total. The standard InChI is InChI=1S/C21H33FN4O/c1-4-26-10-9-17(13-26)12-24-21(23-3)25-15(2)18-7-8-20(19(22)11-18)27-14-16-5-6-16/h7-8,11,15-17H,4-6,9-10,12-14H2,1-3H3,(H2,23,24,25). The van der Waals surface area contributed by atoms with Crippen LogP contribution in [0.4, 0.5) is 4.39 Å². The molecule has 0 bridgehead atoms. The molecule has 0 aromatic heterocycles. The molecule has 2 unspecified atom stereocenters. The van der Waals surface area contributed by atoms with Gasteiger partial charge >= 0.3 is 0 Å². The second-order valence-electron chi connectivity index (χ2n) is 7.81. The van der Waals surface area contributed by atoms with Crippen LogP contribution in [0.5, 0.6) is 5.75 Å². The number of nitrogens with one attached hydrogen (secondary N) is 2. The molecule has 1 aromatic carbocycles. The normalized spacial score (nSPS) is 21.9. The minimum Gasteiger partial charge on any atom is -0.490 e. The number of hydrogen-bond donors (Lipinski definition) is 2. The predicted molar refractivity (Wildman–Crippen MR) is 108 cm³/mol. The van der Waals surface area contributed by atoms with Crippen molar-refractivity contribution in [1.82, 2.24) is 15.5 Å². The van der Waals surface area contributed by atoms with Gasteiger partial charge < -0.3 is 20.3 Å². The van der Waals surface area contributed by atoms with Crippen molar-refractivity contribution in [3.8, 4) is 5.75 Å². The summed E-state index contributed by atoms with van der Waals surface area (Å²) in [5.74, 6) is 2.08. The smallest absolute Gasteiger partial charge is 0.191 e. The van der Waals surface area contributed by atoms with Crippen molar-refractivity contribution in [2.75, 3.05) is 39.8 Å². The number of ether oxygens (including phenoxy) is 1. The molecule has 0 spiro atoms. The molecule has 2 atom stereocenters. The van der Waals surface area contributed by atoms with Gasteiger partial charge in [0, 0.05) is 20.1 Å². The number of likely N-dealkylation sites (tertiary alicyclic amines) is 1. The molecule has 0 amide bonds. The molecule has 1 saturated heterocycles. The van der Waals surface area contributed by atoms with Crippen LogP contribution >= 0.6 is 0 Å². The summed E-state index contributed by atoms with van der Waals surface area (Å²) in [6.07, 6.45) is 3.62. The third-order valence-corrected chi connectivity index (χ3v) is 5.58. The van der Waals surface area contributed by atoms with Gasteiger partial charge in [-0.1, -0.05) is 13.0 Å². The molecule has 5 nitrogen and oxygen atoms in total. The first kappa shape index (κ1) is 19.9. The van der Waals surface area contributed by atoms with Crippen LogP contribution in [0.2, 0.25) is 0 Å². The van der Waals surface area contributed by atoms with Crippen molar-refractivity contribution < 1.29 is 9.13 Å². The number of rotatable bonds is 8. The molecule has 0 radical (unpaired) electrons. The van der Waals surface area contributed by atoms with E-state index < -0.39 is 0 Å². The molecule has 1 heterocycles. The molecule has 27 heavy (non-hydrogen) atoms. The molecule has 1 aliphatic heterocycles. The van der Waals surface area contributed by atoms with Crippen LogP contribution in [0.1, 0.15) is 44.7 Å². The van der Waals surface area contributed by atoms with Gasteiger partial charge in [-0.15, -0.1) is 0 Å². The van der Waals surface area contributed by atoms with Crippen molar-refractivity contribution in [3.63, 3.8) is 0 Å². The summed E-state index contributed by atoms with van der Waals surface area (Å²) in [5, 5.41) is 6.77. The summed E-state index contributed by atoms with van der Waals surface area (Å²) >= 11 is 0. The Hall–Kier alpha value is -1.82. The quantitative estimate of drug-likeness (QED) is 0.540. The van der Waals surface area contributed by atoms with Gasteiger partial charge in [0.15, 0.2) is 17.5 Å². The summed E-state index contributed by atoms with van der Waals surface area (Å²) in [4.78, 5) is 6.78. The first-order valence-corrected chi connectivity index (χ1v) is 10.2. The third-order valence-electron chi connectivity index (χ3n) is 5.58. The highest BCUT2D eigenvalue weighted by Gasteiger charge is 2.23. The topological polar surface area (TPSA) is 48.9 Å². The summed E-state index contributed by atoms with van der Waals surface area (Å²) in [5.41, 5.74) is 0.882. The third kappa shape index (κ3) is 5.83. The molecule has 150 valence electrons. The Balaban J connectivity index is 1.48. The van der Waals surface area contributed by atoms with E-state index in [4.69, 9.17) is 4.74 Å². The van der Waals surface area contributed by atoms with Gasteiger partial charge in [0.25, 0.3) is 0 Å². The van der Waals surface area contributed by atoms with Crippen molar-refractivity contribution in [2.24, 2.45) is 16.8 Å². The van der Waals surface area contributed by atoms with E-state index in [1.807, 2.05) is 13.0 Å². The Morgan fingerprint density at radius 2 is 2.15 bits per heavy atom. The van der Waals surface area contributed by atoms with E-state index in [2.05, 4.69) is 27.4 Å². The Morgan fingerprint density at radius 1 is 1.33 bits per heavy atom.